The number of aliphatic imine (C=N–C) groups is 1. The molecule has 0 fully saturated rings. The molecule has 0 saturated heterocycles. The van der Waals surface area contributed by atoms with E-state index in [1.54, 1.807) is 22.9 Å². The van der Waals surface area contributed by atoms with Crippen molar-refractivity contribution in [2.24, 2.45) is 16.5 Å². The second-order valence-corrected chi connectivity index (χ2v) is 5.66. The molecule has 0 saturated carbocycles. The number of anilines is 1. The minimum absolute atomic E-state index is 0.169. The summed E-state index contributed by atoms with van der Waals surface area (Å²) in [6, 6.07) is 9.22. The van der Waals surface area contributed by atoms with Crippen LogP contribution < -0.4 is 16.8 Å². The molecule has 0 aliphatic heterocycles. The van der Waals surface area contributed by atoms with Gasteiger partial charge in [-0.25, -0.2) is 9.67 Å². The lowest BCUT2D eigenvalue weighted by Crippen LogP contribution is -2.19. The number of amidine groups is 1. The lowest BCUT2D eigenvalue weighted by Gasteiger charge is -2.12. The Morgan fingerprint density at radius 1 is 1.38 bits per heavy atom. The van der Waals surface area contributed by atoms with E-state index in [0.29, 0.717) is 22.4 Å². The van der Waals surface area contributed by atoms with Crippen LogP contribution in [0.4, 0.5) is 5.69 Å². The minimum Gasteiger partial charge on any atom is -0.398 e. The summed E-state index contributed by atoms with van der Waals surface area (Å²) in [5.74, 6) is 0.996. The van der Waals surface area contributed by atoms with Gasteiger partial charge >= 0.3 is 0 Å². The highest BCUT2D eigenvalue weighted by molar-refractivity contribution is 6.30. The van der Waals surface area contributed by atoms with Gasteiger partial charge in [0.05, 0.1) is 11.4 Å². The van der Waals surface area contributed by atoms with Gasteiger partial charge in [-0.1, -0.05) is 18.2 Å². The Balaban J connectivity index is 2.42. The van der Waals surface area contributed by atoms with Crippen LogP contribution in [0.1, 0.15) is 11.4 Å². The maximum absolute atomic E-state index is 6.05. The van der Waals surface area contributed by atoms with Crippen molar-refractivity contribution < 1.29 is 0 Å². The number of benzene rings is 1. The first-order valence-corrected chi connectivity index (χ1v) is 7.78. The topological polar surface area (TPSA) is 94.2 Å². The Hall–Kier alpha value is -2.57. The summed E-state index contributed by atoms with van der Waals surface area (Å²) in [5, 5.41) is 8.25. The number of hydrogen-bond donors (Lipinski definition) is 3. The number of rotatable bonds is 5. The summed E-state index contributed by atoms with van der Waals surface area (Å²) in [6.07, 6.45) is 1.60. The van der Waals surface area contributed by atoms with Gasteiger partial charge in [-0.3, -0.25) is 0 Å². The third-order valence-corrected chi connectivity index (χ3v) is 3.51. The normalized spacial score (nSPS) is 12.8. The van der Waals surface area contributed by atoms with Crippen molar-refractivity contribution in [2.45, 2.75) is 13.8 Å². The zero-order chi connectivity index (χ0) is 17.7. The fourth-order valence-corrected chi connectivity index (χ4v) is 2.24. The number of halogens is 1. The molecule has 0 aliphatic carbocycles. The van der Waals surface area contributed by atoms with Gasteiger partial charge < -0.3 is 16.8 Å². The average Bonchev–Trinajstić information content (AvgIpc) is 2.90. The Morgan fingerprint density at radius 3 is 2.54 bits per heavy atom. The predicted octanol–water partition coefficient (Wildman–Crippen LogP) is 2.89. The molecule has 0 bridgehead atoms. The Bertz CT molecular complexity index is 786. The number of aryl methyl sites for hydroxylation is 2. The van der Waals surface area contributed by atoms with Gasteiger partial charge in [0.15, 0.2) is 5.82 Å². The maximum Gasteiger partial charge on any atom is 0.175 e. The molecule has 7 heteroatoms. The molecule has 126 valence electrons. The molecule has 0 aliphatic rings. The molecular formula is C17H21ClN6. The van der Waals surface area contributed by atoms with Crippen molar-refractivity contribution in [1.29, 1.82) is 0 Å². The SMILES string of the molecule is C=C/C(=N\C(=C(/N)CN)n1nc(C)cc1C)Nc1ccc(Cl)cc1. The summed E-state index contributed by atoms with van der Waals surface area (Å²) in [6.45, 7) is 7.80. The van der Waals surface area contributed by atoms with E-state index in [1.807, 2.05) is 32.0 Å². The van der Waals surface area contributed by atoms with Crippen LogP contribution in [-0.2, 0) is 0 Å². The molecule has 1 heterocycles. The van der Waals surface area contributed by atoms with Crippen molar-refractivity contribution >= 4 is 28.9 Å². The standard InChI is InChI=1S/C17H21ClN6/c1-4-16(21-14-7-5-13(18)6-8-14)22-17(15(20)10-19)24-12(3)9-11(2)23-24/h4-9H,1,10,19-20H2,2-3H3,(H,21,22)/b17-15+. The summed E-state index contributed by atoms with van der Waals surface area (Å²) in [7, 11) is 0. The number of nitrogens with two attached hydrogens (primary N) is 2. The molecule has 2 aromatic rings. The van der Waals surface area contributed by atoms with Gasteiger partial charge in [0.1, 0.15) is 5.84 Å². The summed E-state index contributed by atoms with van der Waals surface area (Å²) in [4.78, 5) is 4.56. The molecule has 0 spiro atoms. The smallest absolute Gasteiger partial charge is 0.175 e. The zero-order valence-electron chi connectivity index (χ0n) is 13.8. The van der Waals surface area contributed by atoms with Crippen LogP contribution >= 0.6 is 11.6 Å². The largest absolute Gasteiger partial charge is 0.398 e. The molecule has 1 aromatic carbocycles. The number of aromatic nitrogens is 2. The number of hydrogen-bond acceptors (Lipinski definition) is 4. The molecule has 1 aromatic heterocycles. The van der Waals surface area contributed by atoms with E-state index in [0.717, 1.165) is 17.1 Å². The number of nitrogens with one attached hydrogen (secondary N) is 1. The molecule has 24 heavy (non-hydrogen) atoms. The van der Waals surface area contributed by atoms with Crippen LogP contribution in [-0.4, -0.2) is 22.2 Å². The summed E-state index contributed by atoms with van der Waals surface area (Å²) in [5.41, 5.74) is 14.8. The highest BCUT2D eigenvalue weighted by atomic mass is 35.5. The predicted molar refractivity (Wildman–Crippen MR) is 101 cm³/mol. The lowest BCUT2D eigenvalue weighted by molar-refractivity contribution is 0.825. The van der Waals surface area contributed by atoms with Gasteiger partial charge in [0.25, 0.3) is 0 Å². The Labute approximate surface area is 146 Å². The number of nitrogens with zero attached hydrogens (tertiary/aromatic N) is 3. The van der Waals surface area contributed by atoms with Gasteiger partial charge in [-0.2, -0.15) is 5.10 Å². The Morgan fingerprint density at radius 2 is 2.04 bits per heavy atom. The van der Waals surface area contributed by atoms with Crippen molar-refractivity contribution in [2.75, 3.05) is 11.9 Å². The fraction of sp³-hybridized carbons (Fsp3) is 0.176. The molecule has 5 N–H and O–H groups in total. The maximum atomic E-state index is 6.05. The fourth-order valence-electron chi connectivity index (χ4n) is 2.11. The van der Waals surface area contributed by atoms with E-state index in [-0.39, 0.29) is 6.54 Å². The molecule has 2 rings (SSSR count). The summed E-state index contributed by atoms with van der Waals surface area (Å²) >= 11 is 5.90. The highest BCUT2D eigenvalue weighted by Gasteiger charge is 2.11. The lowest BCUT2D eigenvalue weighted by atomic mass is 10.3. The second kappa shape index (κ2) is 7.81. The quantitative estimate of drug-likeness (QED) is 0.574. The van der Waals surface area contributed by atoms with Gasteiger partial charge in [-0.15, -0.1) is 0 Å². The van der Waals surface area contributed by atoms with Crippen molar-refractivity contribution in [1.82, 2.24) is 9.78 Å². The van der Waals surface area contributed by atoms with E-state index < -0.39 is 0 Å². The monoisotopic (exact) mass is 344 g/mol. The van der Waals surface area contributed by atoms with Crippen LogP contribution in [0.25, 0.3) is 5.82 Å². The van der Waals surface area contributed by atoms with Crippen LogP contribution in [0.2, 0.25) is 5.02 Å². The first-order valence-electron chi connectivity index (χ1n) is 7.40. The molecule has 6 nitrogen and oxygen atoms in total. The van der Waals surface area contributed by atoms with Gasteiger partial charge in [-0.05, 0) is 50.3 Å². The molecular weight excluding hydrogens is 324 g/mol. The Kier molecular flexibility index (Phi) is 5.78. The highest BCUT2D eigenvalue weighted by Crippen LogP contribution is 2.16. The first-order chi connectivity index (χ1) is 11.4. The molecule has 0 amide bonds. The van der Waals surface area contributed by atoms with E-state index >= 15 is 0 Å². The molecule has 0 atom stereocenters. The van der Waals surface area contributed by atoms with Crippen LogP contribution in [0.3, 0.4) is 0 Å². The van der Waals surface area contributed by atoms with E-state index in [1.165, 1.54) is 0 Å². The average molecular weight is 345 g/mol. The second-order valence-electron chi connectivity index (χ2n) is 5.22. The molecule has 0 radical (unpaired) electrons. The minimum atomic E-state index is 0.169. The first kappa shape index (κ1) is 17.8. The van der Waals surface area contributed by atoms with Gasteiger partial charge in [0, 0.05) is 22.9 Å². The van der Waals surface area contributed by atoms with Crippen molar-refractivity contribution in [3.8, 4) is 0 Å². The zero-order valence-corrected chi connectivity index (χ0v) is 14.5. The van der Waals surface area contributed by atoms with Crippen molar-refractivity contribution in [3.63, 3.8) is 0 Å². The summed E-state index contributed by atoms with van der Waals surface area (Å²) < 4.78 is 1.67. The molecule has 0 unspecified atom stereocenters. The van der Waals surface area contributed by atoms with E-state index in [9.17, 15) is 0 Å². The van der Waals surface area contributed by atoms with Crippen molar-refractivity contribution in [3.05, 3.63) is 65.1 Å². The van der Waals surface area contributed by atoms with Gasteiger partial charge in [0.2, 0.25) is 0 Å². The van der Waals surface area contributed by atoms with Crippen LogP contribution in [0.5, 0.6) is 0 Å². The van der Waals surface area contributed by atoms with Crippen LogP contribution in [0.15, 0.2) is 53.7 Å². The third-order valence-electron chi connectivity index (χ3n) is 3.25. The third kappa shape index (κ3) is 4.24. The van der Waals surface area contributed by atoms with E-state index in [2.05, 4.69) is 22.0 Å². The van der Waals surface area contributed by atoms with Crippen LogP contribution in [0, 0.1) is 13.8 Å². The van der Waals surface area contributed by atoms with E-state index in [4.69, 9.17) is 23.1 Å².